The van der Waals surface area contributed by atoms with Gasteiger partial charge < -0.3 is 19.7 Å². The van der Waals surface area contributed by atoms with Gasteiger partial charge in [0.2, 0.25) is 28.6 Å². The SMILES string of the molecule is CC[C@@H](C)NC(=O)[C@@H](C)N(Cc1ccccc1Cl)C(=O)CN(c1ccc2c(c1)OCO2)S(=O)(=O)CC. The number of anilines is 1. The van der Waals surface area contributed by atoms with Crippen LogP contribution in [-0.4, -0.2) is 56.3 Å². The molecule has 3 rings (SSSR count). The third-order valence-corrected chi connectivity index (χ3v) is 8.20. The van der Waals surface area contributed by atoms with Gasteiger partial charge in [0.1, 0.15) is 12.6 Å². The monoisotopic (exact) mass is 537 g/mol. The number of rotatable bonds is 11. The van der Waals surface area contributed by atoms with Crippen LogP contribution in [0.5, 0.6) is 11.5 Å². The summed E-state index contributed by atoms with van der Waals surface area (Å²) in [5.74, 6) is -0.210. The van der Waals surface area contributed by atoms with E-state index in [2.05, 4.69) is 5.32 Å². The largest absolute Gasteiger partial charge is 0.454 e. The number of nitrogens with zero attached hydrogens (tertiary/aromatic N) is 2. The molecule has 0 unspecified atom stereocenters. The number of nitrogens with one attached hydrogen (secondary N) is 1. The molecule has 2 aromatic carbocycles. The molecule has 196 valence electrons. The van der Waals surface area contributed by atoms with Gasteiger partial charge in [-0.15, -0.1) is 0 Å². The summed E-state index contributed by atoms with van der Waals surface area (Å²) in [5.41, 5.74) is 0.910. The van der Waals surface area contributed by atoms with Gasteiger partial charge in [0.05, 0.1) is 11.4 Å². The van der Waals surface area contributed by atoms with Gasteiger partial charge in [-0.2, -0.15) is 0 Å². The van der Waals surface area contributed by atoms with E-state index in [1.165, 1.54) is 17.9 Å². The highest BCUT2D eigenvalue weighted by Gasteiger charge is 2.32. The highest BCUT2D eigenvalue weighted by atomic mass is 35.5. The minimum atomic E-state index is -3.85. The van der Waals surface area contributed by atoms with Gasteiger partial charge in [-0.25, -0.2) is 8.42 Å². The Kier molecular flexibility index (Phi) is 9.08. The number of ether oxygens (including phenoxy) is 2. The molecule has 1 aliphatic heterocycles. The number of hydrogen-bond acceptors (Lipinski definition) is 6. The van der Waals surface area contributed by atoms with Gasteiger partial charge in [-0.1, -0.05) is 36.7 Å². The Bertz CT molecular complexity index is 1210. The van der Waals surface area contributed by atoms with Crippen LogP contribution >= 0.6 is 11.6 Å². The van der Waals surface area contributed by atoms with Crippen molar-refractivity contribution in [2.24, 2.45) is 0 Å². The van der Waals surface area contributed by atoms with Crippen molar-refractivity contribution in [1.82, 2.24) is 10.2 Å². The molecular weight excluding hydrogens is 506 g/mol. The molecule has 2 atom stereocenters. The summed E-state index contributed by atoms with van der Waals surface area (Å²) in [4.78, 5) is 28.0. The second-order valence-electron chi connectivity index (χ2n) is 8.55. The molecule has 0 saturated heterocycles. The standard InChI is InChI=1S/C25H32ClN3O6S/c1-5-17(3)27-25(31)18(4)28(14-19-9-7-8-10-21(19)26)24(30)15-29(36(32,33)6-2)20-11-12-22-23(13-20)35-16-34-22/h7-13,17-18H,5-6,14-16H2,1-4H3,(H,27,31)/t17-,18-/m1/s1. The lowest BCUT2D eigenvalue weighted by Gasteiger charge is -2.32. The van der Waals surface area contributed by atoms with Gasteiger partial charge in [0, 0.05) is 23.7 Å². The molecule has 11 heteroatoms. The van der Waals surface area contributed by atoms with E-state index >= 15 is 0 Å². The van der Waals surface area contributed by atoms with Gasteiger partial charge in [-0.05, 0) is 51.0 Å². The highest BCUT2D eigenvalue weighted by molar-refractivity contribution is 7.92. The maximum absolute atomic E-state index is 13.7. The van der Waals surface area contributed by atoms with E-state index in [9.17, 15) is 18.0 Å². The van der Waals surface area contributed by atoms with Crippen LogP contribution < -0.4 is 19.1 Å². The number of halogens is 1. The summed E-state index contributed by atoms with van der Waals surface area (Å²) in [6.45, 7) is 6.51. The number of fused-ring (bicyclic) bond motifs is 1. The minimum absolute atomic E-state index is 0.0344. The van der Waals surface area contributed by atoms with Crippen LogP contribution in [0.2, 0.25) is 5.02 Å². The Morgan fingerprint density at radius 2 is 1.78 bits per heavy atom. The molecule has 2 aromatic rings. The Morgan fingerprint density at radius 3 is 2.44 bits per heavy atom. The second kappa shape index (κ2) is 11.8. The number of hydrogen-bond donors (Lipinski definition) is 1. The minimum Gasteiger partial charge on any atom is -0.454 e. The molecule has 0 aromatic heterocycles. The van der Waals surface area contributed by atoms with Crippen molar-refractivity contribution in [3.63, 3.8) is 0 Å². The smallest absolute Gasteiger partial charge is 0.244 e. The zero-order valence-corrected chi connectivity index (χ0v) is 22.4. The first-order valence-electron chi connectivity index (χ1n) is 11.8. The van der Waals surface area contributed by atoms with Crippen molar-refractivity contribution < 1.29 is 27.5 Å². The average molecular weight is 538 g/mol. The number of sulfonamides is 1. The van der Waals surface area contributed by atoms with Crippen molar-refractivity contribution in [1.29, 1.82) is 0 Å². The Labute approximate surface area is 217 Å². The molecule has 0 bridgehead atoms. The molecule has 0 spiro atoms. The lowest BCUT2D eigenvalue weighted by molar-refractivity contribution is -0.139. The molecule has 0 saturated carbocycles. The third-order valence-electron chi connectivity index (χ3n) is 6.09. The maximum Gasteiger partial charge on any atom is 0.244 e. The second-order valence-corrected chi connectivity index (χ2v) is 11.1. The summed E-state index contributed by atoms with van der Waals surface area (Å²) in [6, 6.07) is 10.8. The van der Waals surface area contributed by atoms with Crippen LogP contribution in [-0.2, 0) is 26.2 Å². The number of benzene rings is 2. The van der Waals surface area contributed by atoms with E-state index in [-0.39, 0.29) is 36.7 Å². The highest BCUT2D eigenvalue weighted by Crippen LogP contribution is 2.36. The quantitative estimate of drug-likeness (QED) is 0.470. The lowest BCUT2D eigenvalue weighted by Crippen LogP contribution is -2.52. The van der Waals surface area contributed by atoms with Crippen molar-refractivity contribution in [2.75, 3.05) is 23.4 Å². The topological polar surface area (TPSA) is 105 Å². The predicted octanol–water partition coefficient (Wildman–Crippen LogP) is 3.56. The summed E-state index contributed by atoms with van der Waals surface area (Å²) in [5, 5.41) is 3.33. The van der Waals surface area contributed by atoms with E-state index in [0.717, 1.165) is 10.7 Å². The molecule has 9 nitrogen and oxygen atoms in total. The predicted molar refractivity (Wildman–Crippen MR) is 139 cm³/mol. The van der Waals surface area contributed by atoms with E-state index < -0.39 is 28.5 Å². The first-order valence-corrected chi connectivity index (χ1v) is 13.8. The Morgan fingerprint density at radius 1 is 1.08 bits per heavy atom. The maximum atomic E-state index is 13.7. The number of carbonyl (C=O) groups excluding carboxylic acids is 2. The lowest BCUT2D eigenvalue weighted by atomic mass is 10.1. The van der Waals surface area contributed by atoms with Gasteiger partial charge in [-0.3, -0.25) is 13.9 Å². The van der Waals surface area contributed by atoms with E-state index in [4.69, 9.17) is 21.1 Å². The Balaban J connectivity index is 1.95. The van der Waals surface area contributed by atoms with Crippen molar-refractivity contribution in [3.05, 3.63) is 53.1 Å². The molecule has 0 radical (unpaired) electrons. The summed E-state index contributed by atoms with van der Waals surface area (Å²) in [6.07, 6.45) is 0.726. The van der Waals surface area contributed by atoms with Crippen molar-refractivity contribution in [3.8, 4) is 11.5 Å². The zero-order valence-electron chi connectivity index (χ0n) is 20.9. The first kappa shape index (κ1) is 27.6. The number of carbonyl (C=O) groups is 2. The van der Waals surface area contributed by atoms with Crippen LogP contribution in [0.4, 0.5) is 5.69 Å². The molecule has 1 heterocycles. The average Bonchev–Trinajstić information content (AvgIpc) is 3.34. The van der Waals surface area contributed by atoms with Crippen LogP contribution in [0, 0.1) is 0 Å². The van der Waals surface area contributed by atoms with E-state index in [0.29, 0.717) is 22.1 Å². The third kappa shape index (κ3) is 6.41. The first-order chi connectivity index (χ1) is 17.1. The van der Waals surface area contributed by atoms with E-state index in [1.807, 2.05) is 13.8 Å². The van der Waals surface area contributed by atoms with Crippen LogP contribution in [0.3, 0.4) is 0 Å². The molecule has 2 amide bonds. The van der Waals surface area contributed by atoms with Gasteiger partial charge in [0.25, 0.3) is 0 Å². The van der Waals surface area contributed by atoms with Gasteiger partial charge >= 0.3 is 0 Å². The normalized spacial score (nSPS) is 14.1. The van der Waals surface area contributed by atoms with E-state index in [1.54, 1.807) is 43.3 Å². The molecule has 0 aliphatic carbocycles. The van der Waals surface area contributed by atoms with Crippen molar-refractivity contribution in [2.45, 2.75) is 52.7 Å². The summed E-state index contributed by atoms with van der Waals surface area (Å²) < 4.78 is 37.8. The fraction of sp³-hybridized carbons (Fsp3) is 0.440. The Hall–Kier alpha value is -2.98. The summed E-state index contributed by atoms with van der Waals surface area (Å²) in [7, 11) is -3.85. The van der Waals surface area contributed by atoms with Gasteiger partial charge in [0.15, 0.2) is 11.5 Å². The molecule has 36 heavy (non-hydrogen) atoms. The van der Waals surface area contributed by atoms with Crippen molar-refractivity contribution >= 4 is 39.1 Å². The fourth-order valence-corrected chi connectivity index (χ4v) is 4.87. The van der Waals surface area contributed by atoms with Crippen LogP contribution in [0.1, 0.15) is 39.7 Å². The molecule has 1 aliphatic rings. The van der Waals surface area contributed by atoms with Crippen LogP contribution in [0.15, 0.2) is 42.5 Å². The molecule has 1 N–H and O–H groups in total. The molecule has 0 fully saturated rings. The van der Waals surface area contributed by atoms with Crippen LogP contribution in [0.25, 0.3) is 0 Å². The number of amides is 2. The molecular formula is C25H32ClN3O6S. The summed E-state index contributed by atoms with van der Waals surface area (Å²) >= 11 is 6.34. The fourth-order valence-electron chi connectivity index (χ4n) is 3.62. The zero-order chi connectivity index (χ0) is 26.5.